The molecule has 1 aromatic rings. The molecule has 0 aliphatic rings. The Morgan fingerprint density at radius 2 is 1.76 bits per heavy atom. The fourth-order valence-corrected chi connectivity index (χ4v) is 1.52. The van der Waals surface area contributed by atoms with Crippen LogP contribution in [0, 0.1) is 10.1 Å². The van der Waals surface area contributed by atoms with Gasteiger partial charge in [-0.3, -0.25) is 10.1 Å². The van der Waals surface area contributed by atoms with Crippen molar-refractivity contribution in [1.82, 2.24) is 0 Å². The van der Waals surface area contributed by atoms with Gasteiger partial charge in [-0.05, 0) is 17.7 Å². The molecule has 0 bridgehead atoms. The second kappa shape index (κ2) is 4.61. The molecule has 0 aromatic heterocycles. The van der Waals surface area contributed by atoms with Crippen molar-refractivity contribution in [2.24, 2.45) is 0 Å². The summed E-state index contributed by atoms with van der Waals surface area (Å²) >= 11 is 3.02. The molecule has 1 rings (SSSR count). The van der Waals surface area contributed by atoms with Crippen LogP contribution < -0.4 is 0 Å². The van der Waals surface area contributed by atoms with Crippen LogP contribution in [0.3, 0.4) is 0 Å². The van der Waals surface area contributed by atoms with E-state index in [2.05, 4.69) is 15.9 Å². The molecule has 8 heteroatoms. The van der Waals surface area contributed by atoms with Crippen LogP contribution in [0.4, 0.5) is 13.2 Å². The van der Waals surface area contributed by atoms with Crippen molar-refractivity contribution in [2.45, 2.75) is 11.8 Å². The summed E-state index contributed by atoms with van der Waals surface area (Å²) in [5.41, 5.74) is -4.04. The Bertz CT molecular complexity index is 420. The number of nitro groups is 1. The van der Waals surface area contributed by atoms with Crippen LogP contribution in [0.25, 0.3) is 0 Å². The molecule has 0 radical (unpaired) electrons. The maximum absolute atomic E-state index is 12.7. The minimum absolute atomic E-state index is 0.506. The summed E-state index contributed by atoms with van der Waals surface area (Å²) in [4.78, 5) is 9.04. The summed E-state index contributed by atoms with van der Waals surface area (Å²) in [5, 5.41) is 19.7. The molecule has 0 aliphatic heterocycles. The molecular formula is C9H7BrF3NO3. The molecule has 17 heavy (non-hydrogen) atoms. The molecule has 0 aliphatic carbocycles. The average Bonchev–Trinajstić information content (AvgIpc) is 2.15. The zero-order valence-electron chi connectivity index (χ0n) is 8.24. The van der Waals surface area contributed by atoms with E-state index in [1.54, 1.807) is 0 Å². The van der Waals surface area contributed by atoms with Gasteiger partial charge in [-0.15, -0.1) is 0 Å². The van der Waals surface area contributed by atoms with E-state index in [-0.39, 0.29) is 0 Å². The van der Waals surface area contributed by atoms with E-state index >= 15 is 0 Å². The van der Waals surface area contributed by atoms with E-state index in [0.29, 0.717) is 4.47 Å². The minimum Gasteiger partial charge on any atom is -0.371 e. The zero-order valence-corrected chi connectivity index (χ0v) is 9.83. The summed E-state index contributed by atoms with van der Waals surface area (Å²) < 4.78 is 38.6. The standard InChI is InChI=1S/C9H7BrF3NO3/c10-7-3-1-6(2-4-7)8(15,5-14(16)17)9(11,12)13/h1-4,15H,5H2/t8-/m1/s1. The number of hydrogen-bond donors (Lipinski definition) is 1. The van der Waals surface area contributed by atoms with Gasteiger partial charge in [0.2, 0.25) is 6.54 Å². The van der Waals surface area contributed by atoms with Gasteiger partial charge in [-0.25, -0.2) is 0 Å². The van der Waals surface area contributed by atoms with E-state index in [9.17, 15) is 28.4 Å². The van der Waals surface area contributed by atoms with Gasteiger partial charge >= 0.3 is 6.18 Å². The first kappa shape index (κ1) is 13.9. The largest absolute Gasteiger partial charge is 0.428 e. The predicted molar refractivity (Wildman–Crippen MR) is 56.0 cm³/mol. The van der Waals surface area contributed by atoms with Crippen molar-refractivity contribution < 1.29 is 23.2 Å². The van der Waals surface area contributed by atoms with Gasteiger partial charge in [0.05, 0.1) is 0 Å². The SMILES string of the molecule is O=[N+]([O-])C[C@@](O)(c1ccc(Br)cc1)C(F)(F)F. The highest BCUT2D eigenvalue weighted by atomic mass is 79.9. The quantitative estimate of drug-likeness (QED) is 0.688. The molecular weight excluding hydrogens is 307 g/mol. The molecule has 0 saturated carbocycles. The molecule has 0 saturated heterocycles. The molecule has 1 N–H and O–H groups in total. The van der Waals surface area contributed by atoms with Gasteiger partial charge in [0.1, 0.15) is 0 Å². The highest BCUT2D eigenvalue weighted by Crippen LogP contribution is 2.39. The van der Waals surface area contributed by atoms with Crippen LogP contribution >= 0.6 is 15.9 Å². The molecule has 4 nitrogen and oxygen atoms in total. The Labute approximate surface area is 102 Å². The van der Waals surface area contributed by atoms with Crippen molar-refractivity contribution in [3.63, 3.8) is 0 Å². The Hall–Kier alpha value is -1.15. The summed E-state index contributed by atoms with van der Waals surface area (Å²) in [7, 11) is 0. The second-order valence-electron chi connectivity index (χ2n) is 3.36. The first-order valence-corrected chi connectivity index (χ1v) is 5.13. The summed E-state index contributed by atoms with van der Waals surface area (Å²) in [5.74, 6) is 0. The lowest BCUT2D eigenvalue weighted by molar-refractivity contribution is -0.519. The van der Waals surface area contributed by atoms with Crippen LogP contribution in [0.5, 0.6) is 0 Å². The summed E-state index contributed by atoms with van der Waals surface area (Å²) in [6.45, 7) is -1.63. The van der Waals surface area contributed by atoms with E-state index in [0.717, 1.165) is 12.1 Å². The zero-order chi connectivity index (χ0) is 13.3. The highest BCUT2D eigenvalue weighted by molar-refractivity contribution is 9.10. The lowest BCUT2D eigenvalue weighted by Crippen LogP contribution is -2.47. The second-order valence-corrected chi connectivity index (χ2v) is 4.27. The van der Waals surface area contributed by atoms with Crippen molar-refractivity contribution in [3.05, 3.63) is 44.4 Å². The smallest absolute Gasteiger partial charge is 0.371 e. The van der Waals surface area contributed by atoms with Gasteiger partial charge in [0.25, 0.3) is 5.60 Å². The van der Waals surface area contributed by atoms with Crippen molar-refractivity contribution in [2.75, 3.05) is 6.54 Å². The van der Waals surface area contributed by atoms with Gasteiger partial charge < -0.3 is 5.11 Å². The third-order valence-corrected chi connectivity index (χ3v) is 2.68. The number of hydrogen-bond acceptors (Lipinski definition) is 3. The van der Waals surface area contributed by atoms with Crippen LogP contribution in [-0.4, -0.2) is 22.8 Å². The third-order valence-electron chi connectivity index (χ3n) is 2.15. The number of alkyl halides is 3. The molecule has 0 spiro atoms. The molecule has 0 fully saturated rings. The lowest BCUT2D eigenvalue weighted by atomic mass is 9.93. The van der Waals surface area contributed by atoms with Gasteiger partial charge in [-0.2, -0.15) is 13.2 Å². The van der Waals surface area contributed by atoms with Crippen LogP contribution in [0.2, 0.25) is 0 Å². The summed E-state index contributed by atoms with van der Waals surface area (Å²) in [6.07, 6.45) is -5.12. The Kier molecular flexibility index (Phi) is 3.78. The predicted octanol–water partition coefficient (Wildman–Crippen LogP) is 2.48. The van der Waals surface area contributed by atoms with Crippen molar-refractivity contribution in [3.8, 4) is 0 Å². The average molecular weight is 314 g/mol. The minimum atomic E-state index is -5.12. The van der Waals surface area contributed by atoms with Crippen LogP contribution in [-0.2, 0) is 5.60 Å². The Morgan fingerprint density at radius 3 is 2.12 bits per heavy atom. The number of benzene rings is 1. The van der Waals surface area contributed by atoms with E-state index in [1.165, 1.54) is 12.1 Å². The third kappa shape index (κ3) is 2.95. The maximum Gasteiger partial charge on any atom is 0.428 e. The maximum atomic E-state index is 12.7. The first-order chi connectivity index (χ1) is 7.67. The first-order valence-electron chi connectivity index (χ1n) is 4.34. The summed E-state index contributed by atoms with van der Waals surface area (Å²) in [6, 6.07) is 4.51. The number of aliphatic hydroxyl groups is 1. The number of nitrogens with zero attached hydrogens (tertiary/aromatic N) is 1. The van der Waals surface area contributed by atoms with E-state index in [1.807, 2.05) is 0 Å². The van der Waals surface area contributed by atoms with E-state index < -0.39 is 28.8 Å². The normalized spacial score (nSPS) is 15.4. The van der Waals surface area contributed by atoms with Gasteiger partial charge in [0, 0.05) is 9.40 Å². The van der Waals surface area contributed by atoms with Gasteiger partial charge in [-0.1, -0.05) is 28.1 Å². The van der Waals surface area contributed by atoms with Crippen LogP contribution in [0.15, 0.2) is 28.7 Å². The molecule has 0 unspecified atom stereocenters. The monoisotopic (exact) mass is 313 g/mol. The fraction of sp³-hybridized carbons (Fsp3) is 0.333. The highest BCUT2D eigenvalue weighted by Gasteiger charge is 2.58. The Morgan fingerprint density at radius 1 is 1.29 bits per heavy atom. The van der Waals surface area contributed by atoms with E-state index in [4.69, 9.17) is 0 Å². The van der Waals surface area contributed by atoms with Crippen molar-refractivity contribution in [1.29, 1.82) is 0 Å². The van der Waals surface area contributed by atoms with Gasteiger partial charge in [0.15, 0.2) is 0 Å². The molecule has 1 atom stereocenters. The fourth-order valence-electron chi connectivity index (χ4n) is 1.26. The molecule has 94 valence electrons. The topological polar surface area (TPSA) is 63.4 Å². The molecule has 1 aromatic carbocycles. The van der Waals surface area contributed by atoms with Crippen molar-refractivity contribution >= 4 is 15.9 Å². The lowest BCUT2D eigenvalue weighted by Gasteiger charge is -2.27. The van der Waals surface area contributed by atoms with Crippen LogP contribution in [0.1, 0.15) is 5.56 Å². The number of rotatable bonds is 3. The Balaban J connectivity index is 3.24. The number of halogens is 4. The molecule has 0 heterocycles. The molecule has 0 amide bonds.